The third kappa shape index (κ3) is 2.99. The predicted molar refractivity (Wildman–Crippen MR) is 93.0 cm³/mol. The largest absolute Gasteiger partial charge is 0.467 e. The van der Waals surface area contributed by atoms with E-state index in [1.165, 1.54) is 19.8 Å². The molecule has 3 rings (SSSR count). The first-order valence-corrected chi connectivity index (χ1v) is 8.74. The Morgan fingerprint density at radius 1 is 1.16 bits per heavy atom. The number of esters is 1. The first-order valence-electron chi connectivity index (χ1n) is 8.74. The van der Waals surface area contributed by atoms with Gasteiger partial charge >= 0.3 is 12.1 Å². The molecule has 2 saturated heterocycles. The predicted octanol–water partition coefficient (Wildman–Crippen LogP) is 2.45. The summed E-state index contributed by atoms with van der Waals surface area (Å²) < 4.78 is 9.93. The fourth-order valence-corrected chi connectivity index (χ4v) is 4.48. The molecule has 0 N–H and O–H groups in total. The van der Waals surface area contributed by atoms with Crippen LogP contribution in [0.15, 0.2) is 30.3 Å². The van der Waals surface area contributed by atoms with Crippen LogP contribution in [0.25, 0.3) is 0 Å². The summed E-state index contributed by atoms with van der Waals surface area (Å²) in [5.41, 5.74) is 1.23. The molecule has 1 aromatic carbocycles. The molecule has 2 unspecified atom stereocenters. The molecule has 0 spiro atoms. The van der Waals surface area contributed by atoms with E-state index in [-0.39, 0.29) is 30.0 Å². The second kappa shape index (κ2) is 7.04. The zero-order chi connectivity index (χ0) is 18.1. The third-order valence-corrected chi connectivity index (χ3v) is 5.81. The van der Waals surface area contributed by atoms with E-state index in [4.69, 9.17) is 9.47 Å². The molecule has 25 heavy (non-hydrogen) atoms. The van der Waals surface area contributed by atoms with Crippen LogP contribution in [0.5, 0.6) is 0 Å². The van der Waals surface area contributed by atoms with Gasteiger partial charge in [0.05, 0.1) is 14.2 Å². The summed E-state index contributed by atoms with van der Waals surface area (Å²) >= 11 is 0. The summed E-state index contributed by atoms with van der Waals surface area (Å²) in [6, 6.07) is 10.1. The maximum Gasteiger partial charge on any atom is 0.410 e. The number of benzene rings is 1. The maximum absolute atomic E-state index is 12.4. The Bertz CT molecular complexity index is 636. The van der Waals surface area contributed by atoms with Gasteiger partial charge in [0.15, 0.2) is 0 Å². The topological polar surface area (TPSA) is 59.1 Å². The van der Waals surface area contributed by atoms with Crippen LogP contribution in [0, 0.1) is 5.92 Å². The zero-order valence-electron chi connectivity index (χ0n) is 15.2. The Morgan fingerprint density at radius 2 is 1.84 bits per heavy atom. The zero-order valence-corrected chi connectivity index (χ0v) is 15.2. The Hall–Kier alpha value is -2.08. The number of hydrogen-bond donors (Lipinski definition) is 0. The molecule has 5 atom stereocenters. The average molecular weight is 346 g/mol. The first-order chi connectivity index (χ1) is 12.0. The van der Waals surface area contributed by atoms with Gasteiger partial charge in [0.2, 0.25) is 0 Å². The maximum atomic E-state index is 12.4. The smallest absolute Gasteiger partial charge is 0.410 e. The highest BCUT2D eigenvalue weighted by Crippen LogP contribution is 2.42. The van der Waals surface area contributed by atoms with E-state index >= 15 is 0 Å². The normalized spacial score (nSPS) is 30.0. The number of likely N-dealkylation sites (tertiary alicyclic amines) is 2. The van der Waals surface area contributed by atoms with E-state index in [0.29, 0.717) is 0 Å². The van der Waals surface area contributed by atoms with Gasteiger partial charge in [0.1, 0.15) is 6.04 Å². The number of methoxy groups -OCH3 is 2. The highest BCUT2D eigenvalue weighted by Gasteiger charge is 2.55. The van der Waals surface area contributed by atoms with Crippen molar-refractivity contribution >= 4 is 12.1 Å². The molecule has 0 saturated carbocycles. The number of piperidine rings is 1. The second-order valence-corrected chi connectivity index (χ2v) is 6.92. The van der Waals surface area contributed by atoms with Gasteiger partial charge in [0, 0.05) is 30.6 Å². The van der Waals surface area contributed by atoms with Crippen molar-refractivity contribution in [2.75, 3.05) is 20.8 Å². The fourth-order valence-electron chi connectivity index (χ4n) is 4.48. The molecule has 2 aliphatic rings. The third-order valence-electron chi connectivity index (χ3n) is 5.81. The first kappa shape index (κ1) is 17.7. The Morgan fingerprint density at radius 3 is 2.44 bits per heavy atom. The molecule has 2 aliphatic heterocycles. The van der Waals surface area contributed by atoms with E-state index < -0.39 is 12.1 Å². The van der Waals surface area contributed by atoms with Gasteiger partial charge in [-0.1, -0.05) is 30.3 Å². The minimum Gasteiger partial charge on any atom is -0.467 e. The van der Waals surface area contributed by atoms with Crippen molar-refractivity contribution < 1.29 is 19.1 Å². The van der Waals surface area contributed by atoms with Crippen LogP contribution in [0.1, 0.15) is 31.9 Å². The van der Waals surface area contributed by atoms with Crippen molar-refractivity contribution in [3.8, 4) is 0 Å². The monoisotopic (exact) mass is 346 g/mol. The lowest BCUT2D eigenvalue weighted by Crippen LogP contribution is -2.48. The number of nitrogens with zero attached hydrogens (tertiary/aromatic N) is 2. The summed E-state index contributed by atoms with van der Waals surface area (Å²) in [6.45, 7) is 5.03. The summed E-state index contributed by atoms with van der Waals surface area (Å²) in [6.07, 6.45) is 0.345. The van der Waals surface area contributed by atoms with Crippen molar-refractivity contribution in [1.29, 1.82) is 0 Å². The van der Waals surface area contributed by atoms with E-state index in [1.54, 1.807) is 4.90 Å². The summed E-state index contributed by atoms with van der Waals surface area (Å²) in [5, 5.41) is 0. The molecule has 0 radical (unpaired) electrons. The van der Waals surface area contributed by atoms with Crippen molar-refractivity contribution in [1.82, 2.24) is 9.80 Å². The van der Waals surface area contributed by atoms with Gasteiger partial charge in [-0.05, 0) is 25.8 Å². The number of fused-ring (bicyclic) bond motifs is 2. The van der Waals surface area contributed by atoms with Crippen LogP contribution < -0.4 is 0 Å². The van der Waals surface area contributed by atoms with Crippen molar-refractivity contribution in [2.45, 2.75) is 44.4 Å². The van der Waals surface area contributed by atoms with Gasteiger partial charge < -0.3 is 9.47 Å². The van der Waals surface area contributed by atoms with Crippen molar-refractivity contribution in [2.24, 2.45) is 5.92 Å². The molecule has 0 aliphatic carbocycles. The number of carbonyl (C=O) groups excluding carboxylic acids is 2. The van der Waals surface area contributed by atoms with Crippen LogP contribution in [-0.2, 0) is 14.3 Å². The number of amides is 1. The Balaban J connectivity index is 1.91. The molecule has 0 aromatic heterocycles. The fraction of sp³-hybridized carbons (Fsp3) is 0.579. The van der Waals surface area contributed by atoms with Gasteiger partial charge in [-0.15, -0.1) is 0 Å². The lowest BCUT2D eigenvalue weighted by Gasteiger charge is -2.41. The van der Waals surface area contributed by atoms with E-state index in [2.05, 4.69) is 30.9 Å². The van der Waals surface area contributed by atoms with Gasteiger partial charge in [-0.25, -0.2) is 9.59 Å². The molecule has 1 amide bonds. The number of rotatable bonds is 3. The second-order valence-electron chi connectivity index (χ2n) is 6.92. The molecule has 2 bridgehead atoms. The molecule has 2 fully saturated rings. The Labute approximate surface area is 148 Å². The molecule has 136 valence electrons. The summed E-state index contributed by atoms with van der Waals surface area (Å²) in [5.74, 6) is -0.324. The minimum atomic E-state index is -0.578. The quantitative estimate of drug-likeness (QED) is 0.787. The average Bonchev–Trinajstić information content (AvgIpc) is 2.98. The van der Waals surface area contributed by atoms with Crippen molar-refractivity contribution in [3.63, 3.8) is 0 Å². The minimum absolute atomic E-state index is 0.0380. The van der Waals surface area contributed by atoms with Gasteiger partial charge in [0.25, 0.3) is 0 Å². The highest BCUT2D eigenvalue weighted by molar-refractivity contribution is 5.83. The van der Waals surface area contributed by atoms with Crippen LogP contribution in [0.4, 0.5) is 4.79 Å². The molecule has 1 aromatic rings. The van der Waals surface area contributed by atoms with Crippen LogP contribution in [0.2, 0.25) is 0 Å². The number of carbonyl (C=O) groups is 2. The highest BCUT2D eigenvalue weighted by atomic mass is 16.5. The lowest BCUT2D eigenvalue weighted by atomic mass is 9.86. The van der Waals surface area contributed by atoms with Crippen molar-refractivity contribution in [3.05, 3.63) is 35.9 Å². The lowest BCUT2D eigenvalue weighted by molar-refractivity contribution is -0.147. The van der Waals surface area contributed by atoms with E-state index in [1.807, 2.05) is 18.2 Å². The van der Waals surface area contributed by atoms with E-state index in [9.17, 15) is 9.59 Å². The van der Waals surface area contributed by atoms with Gasteiger partial charge in [-0.2, -0.15) is 0 Å². The SMILES string of the molecule is COC(=O)[C@H]1[C@H]2C[C@H](CN(C(C)c3ccccc3)C2C)N1C(=O)OC. The van der Waals surface area contributed by atoms with E-state index in [0.717, 1.165) is 13.0 Å². The Kier molecular flexibility index (Phi) is 4.99. The molecular formula is C19H26N2O4. The van der Waals surface area contributed by atoms with Gasteiger partial charge in [-0.3, -0.25) is 9.80 Å². The number of ether oxygens (including phenoxy) is 2. The standard InChI is InChI=1S/C19H26N2O4/c1-12(14-8-6-5-7-9-14)20-11-15-10-16(13(20)2)17(18(22)24-3)21(15)19(23)25-4/h5-9,12-13,15-17H,10-11H2,1-4H3/t12?,13?,15-,16+,17-/m1/s1. The van der Waals surface area contributed by atoms with Crippen LogP contribution in [-0.4, -0.2) is 60.8 Å². The molecule has 6 nitrogen and oxygen atoms in total. The molecule has 2 heterocycles. The molecular weight excluding hydrogens is 320 g/mol. The summed E-state index contributed by atoms with van der Waals surface area (Å²) in [4.78, 5) is 28.7. The summed E-state index contributed by atoms with van der Waals surface area (Å²) in [7, 11) is 2.72. The van der Waals surface area contributed by atoms with Crippen LogP contribution >= 0.6 is 0 Å². The number of hydrogen-bond acceptors (Lipinski definition) is 5. The van der Waals surface area contributed by atoms with Crippen LogP contribution in [0.3, 0.4) is 0 Å². The molecule has 6 heteroatoms.